The van der Waals surface area contributed by atoms with Crippen molar-refractivity contribution in [1.29, 1.82) is 0 Å². The van der Waals surface area contributed by atoms with Gasteiger partial charge in [-0.3, -0.25) is 4.79 Å². The third-order valence-electron chi connectivity index (χ3n) is 5.97. The first-order chi connectivity index (χ1) is 15.4. The van der Waals surface area contributed by atoms with Crippen molar-refractivity contribution in [2.45, 2.75) is 69.6 Å². The summed E-state index contributed by atoms with van der Waals surface area (Å²) in [7, 11) is 0. The van der Waals surface area contributed by atoms with Crippen LogP contribution in [0.15, 0.2) is 42.5 Å². The normalized spacial score (nSPS) is 17.8. The number of halogens is 4. The molecular weight excluding hydrogens is 436 g/mol. The van der Waals surface area contributed by atoms with E-state index in [0.717, 1.165) is 36.6 Å². The molecule has 3 rings (SSSR count). The molecule has 33 heavy (non-hydrogen) atoms. The molecule has 0 spiro atoms. The Hall–Kier alpha value is -2.45. The molecule has 0 aromatic heterocycles. The van der Waals surface area contributed by atoms with Gasteiger partial charge in [-0.25, -0.2) is 17.6 Å². The van der Waals surface area contributed by atoms with E-state index in [0.29, 0.717) is 5.56 Å². The zero-order valence-electron chi connectivity index (χ0n) is 19.0. The van der Waals surface area contributed by atoms with E-state index in [1.165, 1.54) is 20.8 Å². The van der Waals surface area contributed by atoms with E-state index >= 15 is 0 Å². The standard InChI is InChI=1S/C25H30F4N2O2/c1-15(32)31-21(11-16-9-19(26)13-20(27)10-16)22(33)14-30-25(7-8-25)18-6-4-5-17(12-18)23(28)24(2,3)29/h4-6,9-10,12-13,21-23,30,33H,7-8,11,14H2,1-3H3,(H,31,32). The van der Waals surface area contributed by atoms with Gasteiger partial charge in [-0.2, -0.15) is 0 Å². The average Bonchev–Trinajstić information content (AvgIpc) is 3.50. The smallest absolute Gasteiger partial charge is 0.217 e. The summed E-state index contributed by atoms with van der Waals surface area (Å²) in [6, 6.07) is 8.99. The molecule has 0 heterocycles. The molecule has 3 atom stereocenters. The van der Waals surface area contributed by atoms with Gasteiger partial charge in [-0.05, 0) is 61.9 Å². The van der Waals surface area contributed by atoms with Crippen molar-refractivity contribution in [1.82, 2.24) is 10.6 Å². The number of aliphatic hydroxyl groups is 1. The highest BCUT2D eigenvalue weighted by molar-refractivity contribution is 5.73. The van der Waals surface area contributed by atoms with Crippen LogP contribution in [0.1, 0.15) is 56.5 Å². The second kappa shape index (κ2) is 9.81. The minimum absolute atomic E-state index is 0.0364. The van der Waals surface area contributed by atoms with E-state index in [2.05, 4.69) is 10.6 Å². The van der Waals surface area contributed by atoms with E-state index < -0.39 is 41.2 Å². The third-order valence-corrected chi connectivity index (χ3v) is 5.97. The Morgan fingerprint density at radius 1 is 1.15 bits per heavy atom. The first-order valence-corrected chi connectivity index (χ1v) is 11.0. The summed E-state index contributed by atoms with van der Waals surface area (Å²) in [5, 5.41) is 16.7. The third kappa shape index (κ3) is 6.54. The van der Waals surface area contributed by atoms with Crippen molar-refractivity contribution in [2.75, 3.05) is 6.54 Å². The highest BCUT2D eigenvalue weighted by atomic mass is 19.2. The SMILES string of the molecule is CC(=O)NC(Cc1cc(F)cc(F)c1)C(O)CNC1(c2cccc(C(F)C(C)(C)F)c2)CC1. The lowest BCUT2D eigenvalue weighted by atomic mass is 9.93. The van der Waals surface area contributed by atoms with E-state index in [-0.39, 0.29) is 24.4 Å². The molecule has 1 saturated carbocycles. The predicted octanol–water partition coefficient (Wildman–Crippen LogP) is 4.41. The first kappa shape index (κ1) is 25.2. The van der Waals surface area contributed by atoms with Crippen molar-refractivity contribution in [3.05, 3.63) is 70.8 Å². The van der Waals surface area contributed by atoms with Gasteiger partial charge in [0.1, 0.15) is 17.3 Å². The zero-order chi connectivity index (χ0) is 24.4. The van der Waals surface area contributed by atoms with Crippen LogP contribution in [-0.4, -0.2) is 35.4 Å². The minimum Gasteiger partial charge on any atom is -0.390 e. The maximum atomic E-state index is 14.5. The summed E-state index contributed by atoms with van der Waals surface area (Å²) >= 11 is 0. The molecule has 2 aromatic carbocycles. The van der Waals surface area contributed by atoms with Crippen LogP contribution in [-0.2, 0) is 16.8 Å². The molecule has 0 aliphatic heterocycles. The van der Waals surface area contributed by atoms with Gasteiger partial charge < -0.3 is 15.7 Å². The average molecular weight is 467 g/mol. The Bertz CT molecular complexity index is 968. The summed E-state index contributed by atoms with van der Waals surface area (Å²) in [5.41, 5.74) is -1.15. The number of hydrogen-bond acceptors (Lipinski definition) is 3. The van der Waals surface area contributed by atoms with Crippen molar-refractivity contribution >= 4 is 5.91 Å². The van der Waals surface area contributed by atoms with Gasteiger partial charge in [0.05, 0.1) is 12.1 Å². The number of carbonyl (C=O) groups is 1. The molecule has 4 nitrogen and oxygen atoms in total. The number of carbonyl (C=O) groups excluding carboxylic acids is 1. The monoisotopic (exact) mass is 466 g/mol. The predicted molar refractivity (Wildman–Crippen MR) is 118 cm³/mol. The zero-order valence-corrected chi connectivity index (χ0v) is 19.0. The molecule has 1 fully saturated rings. The van der Waals surface area contributed by atoms with Crippen LogP contribution >= 0.6 is 0 Å². The molecule has 3 N–H and O–H groups in total. The van der Waals surface area contributed by atoms with Gasteiger partial charge >= 0.3 is 0 Å². The lowest BCUT2D eigenvalue weighted by Crippen LogP contribution is -2.49. The topological polar surface area (TPSA) is 61.4 Å². The molecule has 1 aliphatic carbocycles. The largest absolute Gasteiger partial charge is 0.390 e. The van der Waals surface area contributed by atoms with Gasteiger partial charge in [0.15, 0.2) is 6.17 Å². The van der Waals surface area contributed by atoms with E-state index in [1.54, 1.807) is 18.2 Å². The van der Waals surface area contributed by atoms with Crippen LogP contribution < -0.4 is 10.6 Å². The summed E-state index contributed by atoms with van der Waals surface area (Å²) in [4.78, 5) is 11.6. The number of aliphatic hydroxyl groups excluding tert-OH is 1. The Morgan fingerprint density at radius 3 is 2.33 bits per heavy atom. The van der Waals surface area contributed by atoms with Crippen molar-refractivity contribution in [3.63, 3.8) is 0 Å². The second-order valence-electron chi connectivity index (χ2n) is 9.37. The van der Waals surface area contributed by atoms with E-state index in [1.807, 2.05) is 6.07 Å². The number of benzene rings is 2. The van der Waals surface area contributed by atoms with Crippen LogP contribution in [0.5, 0.6) is 0 Å². The fourth-order valence-corrected chi connectivity index (χ4v) is 4.05. The quantitative estimate of drug-likeness (QED) is 0.455. The number of nitrogens with one attached hydrogen (secondary N) is 2. The molecule has 1 amide bonds. The minimum atomic E-state index is -2.01. The molecule has 8 heteroatoms. The molecule has 0 bridgehead atoms. The van der Waals surface area contributed by atoms with Gasteiger partial charge in [0, 0.05) is 25.1 Å². The van der Waals surface area contributed by atoms with Crippen molar-refractivity contribution < 1.29 is 27.5 Å². The van der Waals surface area contributed by atoms with Gasteiger partial charge in [0.25, 0.3) is 0 Å². The maximum absolute atomic E-state index is 14.5. The van der Waals surface area contributed by atoms with E-state index in [9.17, 15) is 27.5 Å². The van der Waals surface area contributed by atoms with Gasteiger partial charge in [-0.15, -0.1) is 0 Å². The van der Waals surface area contributed by atoms with Crippen molar-refractivity contribution in [2.24, 2.45) is 0 Å². The fraction of sp³-hybridized carbons (Fsp3) is 0.480. The lowest BCUT2D eigenvalue weighted by molar-refractivity contribution is -0.120. The lowest BCUT2D eigenvalue weighted by Gasteiger charge is -2.27. The second-order valence-corrected chi connectivity index (χ2v) is 9.37. The van der Waals surface area contributed by atoms with Crippen LogP contribution in [0.3, 0.4) is 0 Å². The molecule has 1 aliphatic rings. The van der Waals surface area contributed by atoms with Crippen LogP contribution in [0, 0.1) is 11.6 Å². The number of alkyl halides is 2. The van der Waals surface area contributed by atoms with Crippen LogP contribution in [0.25, 0.3) is 0 Å². The van der Waals surface area contributed by atoms with Gasteiger partial charge in [0.2, 0.25) is 5.91 Å². The Kier molecular flexibility index (Phi) is 7.49. The molecule has 0 radical (unpaired) electrons. The number of rotatable bonds is 10. The molecule has 180 valence electrons. The van der Waals surface area contributed by atoms with E-state index in [4.69, 9.17) is 0 Å². The number of amides is 1. The Balaban J connectivity index is 1.71. The van der Waals surface area contributed by atoms with Crippen molar-refractivity contribution in [3.8, 4) is 0 Å². The van der Waals surface area contributed by atoms with Crippen LogP contribution in [0.2, 0.25) is 0 Å². The summed E-state index contributed by atoms with van der Waals surface area (Å²) in [6.07, 6.45) is -1.29. The highest BCUT2D eigenvalue weighted by Crippen LogP contribution is 2.46. The molecule has 0 saturated heterocycles. The molecule has 3 unspecified atom stereocenters. The summed E-state index contributed by atoms with van der Waals surface area (Å²) in [5.74, 6) is -1.86. The highest BCUT2D eigenvalue weighted by Gasteiger charge is 2.45. The van der Waals surface area contributed by atoms with Crippen LogP contribution in [0.4, 0.5) is 17.6 Å². The summed E-state index contributed by atoms with van der Waals surface area (Å²) in [6.45, 7) is 3.77. The first-order valence-electron chi connectivity index (χ1n) is 11.0. The summed E-state index contributed by atoms with van der Waals surface area (Å²) < 4.78 is 55.7. The Labute approximate surface area is 191 Å². The number of hydrogen-bond donors (Lipinski definition) is 3. The maximum Gasteiger partial charge on any atom is 0.217 e. The fourth-order valence-electron chi connectivity index (χ4n) is 4.05. The van der Waals surface area contributed by atoms with Gasteiger partial charge in [-0.1, -0.05) is 24.3 Å². The molecule has 2 aromatic rings. The Morgan fingerprint density at radius 2 is 1.79 bits per heavy atom. The molecular formula is C25H30F4N2O2.